The summed E-state index contributed by atoms with van der Waals surface area (Å²) >= 11 is 1.48. The molecule has 7 heteroatoms. The molecule has 3 aromatic rings. The molecule has 0 unspecified atom stereocenters. The molecule has 3 atom stereocenters. The van der Waals surface area contributed by atoms with E-state index in [1.165, 1.54) is 11.3 Å². The summed E-state index contributed by atoms with van der Waals surface area (Å²) in [5.41, 5.74) is 4.80. The number of carbonyl (C=O) groups excluding carboxylic acids is 2. The SMILES string of the molecule is Cc1ccc(C(=O)OC[C@H]2O[C@@H](c3cncs3)C[C@@H]2OC(=O)c2ccc(C)cc2)cc1. The first-order valence-corrected chi connectivity index (χ1v) is 10.9. The Kier molecular flexibility index (Phi) is 6.44. The van der Waals surface area contributed by atoms with E-state index >= 15 is 0 Å². The fourth-order valence-corrected chi connectivity index (χ4v) is 4.05. The monoisotopic (exact) mass is 437 g/mol. The van der Waals surface area contributed by atoms with E-state index in [0.29, 0.717) is 17.5 Å². The molecule has 160 valence electrons. The van der Waals surface area contributed by atoms with Crippen molar-refractivity contribution in [3.63, 3.8) is 0 Å². The molecule has 0 amide bonds. The van der Waals surface area contributed by atoms with Gasteiger partial charge in [-0.1, -0.05) is 35.4 Å². The Hall–Kier alpha value is -3.03. The number of nitrogens with zero attached hydrogens (tertiary/aromatic N) is 1. The average molecular weight is 438 g/mol. The second kappa shape index (κ2) is 9.41. The smallest absolute Gasteiger partial charge is 0.338 e. The van der Waals surface area contributed by atoms with Crippen LogP contribution in [-0.4, -0.2) is 35.7 Å². The van der Waals surface area contributed by atoms with Crippen molar-refractivity contribution in [3.05, 3.63) is 87.4 Å². The second-order valence-electron chi connectivity index (χ2n) is 7.58. The van der Waals surface area contributed by atoms with Crippen LogP contribution in [0.25, 0.3) is 0 Å². The first kappa shape index (κ1) is 21.2. The van der Waals surface area contributed by atoms with E-state index in [9.17, 15) is 9.59 Å². The summed E-state index contributed by atoms with van der Waals surface area (Å²) in [7, 11) is 0. The molecule has 0 bridgehead atoms. The topological polar surface area (TPSA) is 74.7 Å². The molecule has 31 heavy (non-hydrogen) atoms. The molecule has 1 aromatic heterocycles. The molecular weight excluding hydrogens is 414 g/mol. The van der Waals surface area contributed by atoms with Gasteiger partial charge in [0, 0.05) is 12.6 Å². The minimum atomic E-state index is -0.559. The molecule has 0 aliphatic carbocycles. The minimum absolute atomic E-state index is 0.00609. The number of thiazole rings is 1. The van der Waals surface area contributed by atoms with Crippen molar-refractivity contribution in [1.29, 1.82) is 0 Å². The van der Waals surface area contributed by atoms with Gasteiger partial charge in [-0.15, -0.1) is 11.3 Å². The number of benzene rings is 2. The molecule has 2 heterocycles. The number of ether oxygens (including phenoxy) is 3. The molecule has 0 N–H and O–H groups in total. The van der Waals surface area contributed by atoms with Gasteiger partial charge in [0.15, 0.2) is 0 Å². The number of rotatable bonds is 6. The highest BCUT2D eigenvalue weighted by Crippen LogP contribution is 2.36. The van der Waals surface area contributed by atoms with E-state index in [4.69, 9.17) is 14.2 Å². The molecule has 0 saturated carbocycles. The number of hydrogen-bond acceptors (Lipinski definition) is 7. The first-order valence-electron chi connectivity index (χ1n) is 10.0. The Bertz CT molecular complexity index is 1030. The highest BCUT2D eigenvalue weighted by Gasteiger charge is 2.40. The number of esters is 2. The lowest BCUT2D eigenvalue weighted by Gasteiger charge is -2.19. The fourth-order valence-electron chi connectivity index (χ4n) is 3.38. The van der Waals surface area contributed by atoms with E-state index in [1.807, 2.05) is 38.1 Å². The van der Waals surface area contributed by atoms with Crippen LogP contribution >= 0.6 is 11.3 Å². The normalized spacial score (nSPS) is 20.4. The summed E-state index contributed by atoms with van der Waals surface area (Å²) < 4.78 is 17.3. The van der Waals surface area contributed by atoms with Crippen LogP contribution < -0.4 is 0 Å². The van der Waals surface area contributed by atoms with Crippen LogP contribution in [0.3, 0.4) is 0 Å². The molecule has 1 saturated heterocycles. The largest absolute Gasteiger partial charge is 0.459 e. The maximum Gasteiger partial charge on any atom is 0.338 e. The maximum absolute atomic E-state index is 12.6. The summed E-state index contributed by atoms with van der Waals surface area (Å²) in [6, 6.07) is 14.4. The molecule has 2 aromatic carbocycles. The summed E-state index contributed by atoms with van der Waals surface area (Å²) in [6.45, 7) is 3.90. The van der Waals surface area contributed by atoms with E-state index in [1.54, 1.807) is 36.0 Å². The lowest BCUT2D eigenvalue weighted by atomic mass is 10.1. The highest BCUT2D eigenvalue weighted by molar-refractivity contribution is 7.09. The zero-order valence-electron chi connectivity index (χ0n) is 17.3. The van der Waals surface area contributed by atoms with Gasteiger partial charge in [-0.2, -0.15) is 0 Å². The lowest BCUT2D eigenvalue weighted by Crippen LogP contribution is -2.32. The third kappa shape index (κ3) is 5.18. The van der Waals surface area contributed by atoms with Crippen molar-refractivity contribution >= 4 is 23.3 Å². The van der Waals surface area contributed by atoms with Gasteiger partial charge in [0.2, 0.25) is 0 Å². The van der Waals surface area contributed by atoms with E-state index < -0.39 is 24.1 Å². The number of aromatic nitrogens is 1. The maximum atomic E-state index is 12.6. The van der Waals surface area contributed by atoms with Gasteiger partial charge in [-0.3, -0.25) is 4.98 Å². The Morgan fingerprint density at radius 3 is 2.19 bits per heavy atom. The van der Waals surface area contributed by atoms with E-state index in [-0.39, 0.29) is 12.7 Å². The average Bonchev–Trinajstić information content (AvgIpc) is 3.43. The second-order valence-corrected chi connectivity index (χ2v) is 8.49. The van der Waals surface area contributed by atoms with Crippen molar-refractivity contribution in [2.45, 2.75) is 38.6 Å². The molecule has 1 fully saturated rings. The van der Waals surface area contributed by atoms with Crippen molar-refractivity contribution < 1.29 is 23.8 Å². The van der Waals surface area contributed by atoms with Crippen LogP contribution in [0, 0.1) is 13.8 Å². The van der Waals surface area contributed by atoms with Crippen molar-refractivity contribution in [3.8, 4) is 0 Å². The lowest BCUT2D eigenvalue weighted by molar-refractivity contribution is -0.0422. The predicted molar refractivity (Wildman–Crippen MR) is 116 cm³/mol. The van der Waals surface area contributed by atoms with E-state index in [2.05, 4.69) is 4.98 Å². The van der Waals surface area contributed by atoms with Gasteiger partial charge in [-0.05, 0) is 38.1 Å². The number of carbonyl (C=O) groups is 2. The van der Waals surface area contributed by atoms with Gasteiger partial charge >= 0.3 is 11.9 Å². The summed E-state index contributed by atoms with van der Waals surface area (Å²) in [5.74, 6) is -0.859. The van der Waals surface area contributed by atoms with Crippen LogP contribution in [0.5, 0.6) is 0 Å². The van der Waals surface area contributed by atoms with Crippen LogP contribution in [0.2, 0.25) is 0 Å². The molecule has 0 spiro atoms. The Morgan fingerprint density at radius 2 is 1.61 bits per heavy atom. The van der Waals surface area contributed by atoms with Gasteiger partial charge < -0.3 is 14.2 Å². The van der Waals surface area contributed by atoms with Gasteiger partial charge in [-0.25, -0.2) is 9.59 Å². The highest BCUT2D eigenvalue weighted by atomic mass is 32.1. The number of hydrogen-bond donors (Lipinski definition) is 0. The first-order chi connectivity index (χ1) is 15.0. The van der Waals surface area contributed by atoms with Crippen LogP contribution in [0.15, 0.2) is 60.2 Å². The van der Waals surface area contributed by atoms with Crippen molar-refractivity contribution in [2.75, 3.05) is 6.61 Å². The van der Waals surface area contributed by atoms with Crippen molar-refractivity contribution in [1.82, 2.24) is 4.98 Å². The minimum Gasteiger partial charge on any atom is -0.459 e. The van der Waals surface area contributed by atoms with Gasteiger partial charge in [0.25, 0.3) is 0 Å². The Morgan fingerprint density at radius 1 is 1.00 bits per heavy atom. The molecule has 1 aliphatic rings. The molecule has 1 aliphatic heterocycles. The quantitative estimate of drug-likeness (QED) is 0.522. The molecule has 0 radical (unpaired) electrons. The fraction of sp³-hybridized carbons (Fsp3) is 0.292. The third-order valence-electron chi connectivity index (χ3n) is 5.18. The van der Waals surface area contributed by atoms with Gasteiger partial charge in [0.05, 0.1) is 27.6 Å². The molecule has 6 nitrogen and oxygen atoms in total. The Balaban J connectivity index is 1.44. The number of aryl methyl sites for hydroxylation is 2. The molecule has 4 rings (SSSR count). The third-order valence-corrected chi connectivity index (χ3v) is 6.05. The molecular formula is C24H23NO5S. The standard InChI is InChI=1S/C24H23NO5S/c1-15-3-7-17(8-4-15)23(26)28-13-21-19(11-20(29-21)22-12-25-14-31-22)30-24(27)18-9-5-16(2)6-10-18/h3-10,12,14,19-21H,11,13H2,1-2H3/t19-,20+,21+/m0/s1. The summed E-state index contributed by atoms with van der Waals surface area (Å²) in [4.78, 5) is 30.1. The Labute approximate surface area is 184 Å². The zero-order valence-corrected chi connectivity index (χ0v) is 18.1. The predicted octanol–water partition coefficient (Wildman–Crippen LogP) is 4.67. The van der Waals surface area contributed by atoms with E-state index in [0.717, 1.165) is 16.0 Å². The summed E-state index contributed by atoms with van der Waals surface area (Å²) in [5, 5.41) is 0. The summed E-state index contributed by atoms with van der Waals surface area (Å²) in [6.07, 6.45) is 0.871. The zero-order chi connectivity index (χ0) is 21.8. The van der Waals surface area contributed by atoms with Crippen LogP contribution in [-0.2, 0) is 14.2 Å². The van der Waals surface area contributed by atoms with Crippen LogP contribution in [0.4, 0.5) is 0 Å². The van der Waals surface area contributed by atoms with Crippen molar-refractivity contribution in [2.24, 2.45) is 0 Å². The van der Waals surface area contributed by atoms with Crippen LogP contribution in [0.1, 0.15) is 49.2 Å². The van der Waals surface area contributed by atoms with Gasteiger partial charge in [0.1, 0.15) is 18.8 Å².